The third-order valence-corrected chi connectivity index (χ3v) is 7.60. The fourth-order valence-corrected chi connectivity index (χ4v) is 5.43. The lowest BCUT2D eigenvalue weighted by Crippen LogP contribution is -2.48. The predicted molar refractivity (Wildman–Crippen MR) is 164 cm³/mol. The highest BCUT2D eigenvalue weighted by molar-refractivity contribution is 5.89. The zero-order valence-corrected chi connectivity index (χ0v) is 26.3. The van der Waals surface area contributed by atoms with Crippen molar-refractivity contribution in [3.63, 3.8) is 0 Å². The molecule has 45 heavy (non-hydrogen) atoms. The van der Waals surface area contributed by atoms with Gasteiger partial charge in [0.05, 0.1) is 30.8 Å². The SMILES string of the molecule is COC(=O)C1=CO[C@@H](OC(=O)[C@H](Cc2ccccc2)NC(=O)OC(C)(C)C)[C@@H]2C(COC(=O)[C@@H](C)Cc3ccccc3)=CC[C@H]12. The summed E-state index contributed by atoms with van der Waals surface area (Å²) in [4.78, 5) is 51.8. The zero-order chi connectivity index (χ0) is 32.6. The summed E-state index contributed by atoms with van der Waals surface area (Å²) >= 11 is 0. The lowest BCUT2D eigenvalue weighted by atomic mass is 9.83. The second kappa shape index (κ2) is 14.9. The van der Waals surface area contributed by atoms with Crippen LogP contribution in [0.3, 0.4) is 0 Å². The van der Waals surface area contributed by atoms with Crippen molar-refractivity contribution < 1.29 is 42.9 Å². The summed E-state index contributed by atoms with van der Waals surface area (Å²) in [5, 5.41) is 2.63. The van der Waals surface area contributed by atoms with Crippen molar-refractivity contribution in [2.75, 3.05) is 13.7 Å². The van der Waals surface area contributed by atoms with Gasteiger partial charge in [-0.15, -0.1) is 0 Å². The number of ether oxygens (including phenoxy) is 5. The van der Waals surface area contributed by atoms with Crippen LogP contribution in [-0.4, -0.2) is 55.7 Å². The number of hydrogen-bond donors (Lipinski definition) is 1. The number of methoxy groups -OCH3 is 1. The molecule has 1 aliphatic carbocycles. The van der Waals surface area contributed by atoms with Gasteiger partial charge in [0, 0.05) is 12.3 Å². The molecule has 5 atom stereocenters. The van der Waals surface area contributed by atoms with E-state index in [1.165, 1.54) is 13.4 Å². The fourth-order valence-electron chi connectivity index (χ4n) is 5.43. The van der Waals surface area contributed by atoms with Gasteiger partial charge in [-0.1, -0.05) is 73.7 Å². The lowest BCUT2D eigenvalue weighted by molar-refractivity contribution is -0.185. The quantitative estimate of drug-likeness (QED) is 0.209. The molecule has 240 valence electrons. The summed E-state index contributed by atoms with van der Waals surface area (Å²) in [7, 11) is 1.28. The number of benzene rings is 2. The van der Waals surface area contributed by atoms with E-state index in [-0.39, 0.29) is 30.5 Å². The minimum absolute atomic E-state index is 0.0609. The number of hydrogen-bond acceptors (Lipinski definition) is 9. The predicted octanol–water partition coefficient (Wildman–Crippen LogP) is 5.06. The second-order valence-corrected chi connectivity index (χ2v) is 12.2. The maximum atomic E-state index is 13.6. The number of alkyl carbamates (subject to hydrolysis) is 1. The molecule has 1 aliphatic heterocycles. The zero-order valence-electron chi connectivity index (χ0n) is 26.3. The summed E-state index contributed by atoms with van der Waals surface area (Å²) < 4.78 is 27.7. The highest BCUT2D eigenvalue weighted by atomic mass is 16.7. The van der Waals surface area contributed by atoms with Crippen LogP contribution in [-0.2, 0) is 50.9 Å². The molecule has 10 heteroatoms. The van der Waals surface area contributed by atoms with Crippen LogP contribution >= 0.6 is 0 Å². The molecule has 0 aromatic heterocycles. The van der Waals surface area contributed by atoms with E-state index in [4.69, 9.17) is 23.7 Å². The Balaban J connectivity index is 1.50. The van der Waals surface area contributed by atoms with Gasteiger partial charge in [-0.3, -0.25) is 4.79 Å². The normalized spacial score (nSPS) is 20.2. The Labute approximate surface area is 263 Å². The van der Waals surface area contributed by atoms with Crippen molar-refractivity contribution in [1.29, 1.82) is 0 Å². The Morgan fingerprint density at radius 2 is 1.56 bits per heavy atom. The second-order valence-electron chi connectivity index (χ2n) is 12.2. The average molecular weight is 620 g/mol. The van der Waals surface area contributed by atoms with Gasteiger partial charge in [0.1, 0.15) is 18.2 Å². The van der Waals surface area contributed by atoms with Gasteiger partial charge in [-0.25, -0.2) is 14.4 Å². The standard InChI is InChI=1S/C35H41NO9/c1-22(18-23-12-8-6-9-13-23)30(37)42-20-25-16-17-26-27(31(38)41-5)21-43-33(29(25)26)44-32(39)28(19-24-14-10-7-11-15-24)36-34(40)45-35(2,3)4/h6-16,21-22,26,28-29,33H,17-20H2,1-5H3,(H,36,40)/t22-,26+,28-,29+,33-/m0/s1. The molecule has 0 spiro atoms. The number of carbonyl (C=O) groups excluding carboxylic acids is 4. The van der Waals surface area contributed by atoms with Crippen molar-refractivity contribution in [2.45, 2.75) is 64.9 Å². The van der Waals surface area contributed by atoms with Gasteiger partial charge >= 0.3 is 24.0 Å². The number of rotatable bonds is 11. The average Bonchev–Trinajstić information content (AvgIpc) is 3.44. The summed E-state index contributed by atoms with van der Waals surface area (Å²) in [6, 6.07) is 17.7. The number of amides is 1. The highest BCUT2D eigenvalue weighted by Gasteiger charge is 2.47. The van der Waals surface area contributed by atoms with Gasteiger partial charge < -0.3 is 29.0 Å². The molecular weight excluding hydrogens is 578 g/mol. The molecule has 2 aliphatic rings. The number of nitrogens with one attached hydrogen (secondary N) is 1. The van der Waals surface area contributed by atoms with Gasteiger partial charge in [0.15, 0.2) is 0 Å². The molecule has 0 saturated carbocycles. The van der Waals surface area contributed by atoms with E-state index in [9.17, 15) is 19.2 Å². The maximum absolute atomic E-state index is 13.6. The van der Waals surface area contributed by atoms with Crippen LogP contribution in [0, 0.1) is 17.8 Å². The fraction of sp³-hybridized carbons (Fsp3) is 0.429. The summed E-state index contributed by atoms with van der Waals surface area (Å²) in [5.41, 5.74) is 1.99. The van der Waals surface area contributed by atoms with Crippen LogP contribution in [0.1, 0.15) is 45.2 Å². The van der Waals surface area contributed by atoms with Crippen molar-refractivity contribution in [3.8, 4) is 0 Å². The van der Waals surface area contributed by atoms with Crippen LogP contribution in [0.5, 0.6) is 0 Å². The minimum atomic E-state index is -1.15. The van der Waals surface area contributed by atoms with Gasteiger partial charge in [-0.05, 0) is 50.3 Å². The molecule has 2 aromatic rings. The van der Waals surface area contributed by atoms with E-state index in [0.29, 0.717) is 18.4 Å². The Morgan fingerprint density at radius 3 is 2.16 bits per heavy atom. The molecule has 0 fully saturated rings. The molecule has 4 rings (SSSR count). The van der Waals surface area contributed by atoms with E-state index in [1.807, 2.05) is 66.7 Å². The van der Waals surface area contributed by atoms with Crippen molar-refractivity contribution >= 4 is 24.0 Å². The molecule has 0 saturated heterocycles. The third kappa shape index (κ3) is 9.20. The van der Waals surface area contributed by atoms with Gasteiger partial charge in [-0.2, -0.15) is 0 Å². The van der Waals surface area contributed by atoms with E-state index in [0.717, 1.165) is 11.1 Å². The molecule has 2 aromatic carbocycles. The largest absolute Gasteiger partial charge is 0.466 e. The topological polar surface area (TPSA) is 126 Å². The Kier molecular flexibility index (Phi) is 11.0. The molecule has 10 nitrogen and oxygen atoms in total. The first-order valence-corrected chi connectivity index (χ1v) is 15.0. The van der Waals surface area contributed by atoms with E-state index >= 15 is 0 Å². The Hall–Kier alpha value is -4.60. The van der Waals surface area contributed by atoms with Gasteiger partial charge in [0.25, 0.3) is 6.29 Å². The number of esters is 3. The maximum Gasteiger partial charge on any atom is 0.408 e. The smallest absolute Gasteiger partial charge is 0.408 e. The van der Waals surface area contributed by atoms with Crippen LogP contribution in [0.4, 0.5) is 4.79 Å². The third-order valence-electron chi connectivity index (χ3n) is 7.60. The number of fused-ring (bicyclic) bond motifs is 1. The molecule has 0 radical (unpaired) electrons. The van der Waals surface area contributed by atoms with Crippen molar-refractivity contribution in [2.24, 2.45) is 17.8 Å². The number of carbonyl (C=O) groups is 4. The highest BCUT2D eigenvalue weighted by Crippen LogP contribution is 2.44. The molecular formula is C35H41NO9. The first-order valence-electron chi connectivity index (χ1n) is 15.0. The minimum Gasteiger partial charge on any atom is -0.466 e. The summed E-state index contributed by atoms with van der Waals surface area (Å²) in [6.45, 7) is 6.91. The van der Waals surface area contributed by atoms with Crippen molar-refractivity contribution in [1.82, 2.24) is 5.32 Å². The first-order chi connectivity index (χ1) is 21.4. The van der Waals surface area contributed by atoms with E-state index in [2.05, 4.69) is 5.32 Å². The Bertz CT molecular complexity index is 1410. The van der Waals surface area contributed by atoms with Gasteiger partial charge in [0.2, 0.25) is 0 Å². The van der Waals surface area contributed by atoms with Crippen LogP contribution < -0.4 is 5.32 Å². The molecule has 0 unspecified atom stereocenters. The lowest BCUT2D eigenvalue weighted by Gasteiger charge is -2.35. The van der Waals surface area contributed by atoms with Crippen molar-refractivity contribution in [3.05, 3.63) is 95.3 Å². The molecule has 1 heterocycles. The summed E-state index contributed by atoms with van der Waals surface area (Å²) in [5.74, 6) is -3.11. The summed E-state index contributed by atoms with van der Waals surface area (Å²) in [6.07, 6.45) is 2.30. The van der Waals surface area contributed by atoms with Crippen LogP contribution in [0.15, 0.2) is 84.1 Å². The monoisotopic (exact) mass is 619 g/mol. The Morgan fingerprint density at radius 1 is 0.933 bits per heavy atom. The van der Waals surface area contributed by atoms with Crippen LogP contribution in [0.2, 0.25) is 0 Å². The molecule has 0 bridgehead atoms. The molecule has 1 amide bonds. The first kappa shape index (κ1) is 33.3. The number of allylic oxidation sites excluding steroid dienone is 1. The van der Waals surface area contributed by atoms with Crippen LogP contribution in [0.25, 0.3) is 0 Å². The van der Waals surface area contributed by atoms with E-state index in [1.54, 1.807) is 27.7 Å². The van der Waals surface area contributed by atoms with E-state index < -0.39 is 47.8 Å². The molecule has 1 N–H and O–H groups in total.